The molecule has 1 heterocycles. The maximum atomic E-state index is 13.1. The van der Waals surface area contributed by atoms with Gasteiger partial charge in [0.2, 0.25) is 0 Å². The van der Waals surface area contributed by atoms with Crippen molar-refractivity contribution in [2.75, 3.05) is 5.32 Å². The van der Waals surface area contributed by atoms with Crippen LogP contribution in [-0.4, -0.2) is 9.97 Å². The van der Waals surface area contributed by atoms with E-state index in [0.717, 1.165) is 5.69 Å². The number of benzene rings is 1. The zero-order valence-electron chi connectivity index (χ0n) is 8.32. The third-order valence-electron chi connectivity index (χ3n) is 2.04. The number of anilines is 1. The summed E-state index contributed by atoms with van der Waals surface area (Å²) in [6.45, 7) is 0.517. The van der Waals surface area contributed by atoms with Gasteiger partial charge in [-0.15, -0.1) is 0 Å². The molecule has 0 radical (unpaired) electrons. The minimum Gasteiger partial charge on any atom is -0.379 e. The SMILES string of the molecule is Fc1cc(NCc2ccncn2)ccc1Cl. The molecule has 3 nitrogen and oxygen atoms in total. The van der Waals surface area contributed by atoms with Gasteiger partial charge in [-0.1, -0.05) is 11.6 Å². The summed E-state index contributed by atoms with van der Waals surface area (Å²) < 4.78 is 13.1. The first-order valence-electron chi connectivity index (χ1n) is 4.69. The second-order valence-electron chi connectivity index (χ2n) is 3.18. The summed E-state index contributed by atoms with van der Waals surface area (Å²) in [6, 6.07) is 6.37. The Morgan fingerprint density at radius 2 is 2.19 bits per heavy atom. The monoisotopic (exact) mass is 237 g/mol. The van der Waals surface area contributed by atoms with Crippen LogP contribution in [0.15, 0.2) is 36.8 Å². The van der Waals surface area contributed by atoms with E-state index in [4.69, 9.17) is 11.6 Å². The van der Waals surface area contributed by atoms with Gasteiger partial charge in [0.05, 0.1) is 17.3 Å². The van der Waals surface area contributed by atoms with Gasteiger partial charge in [0.1, 0.15) is 12.1 Å². The summed E-state index contributed by atoms with van der Waals surface area (Å²) in [6.07, 6.45) is 3.13. The highest BCUT2D eigenvalue weighted by molar-refractivity contribution is 6.30. The molecule has 0 bridgehead atoms. The Balaban J connectivity index is 2.03. The standard InChI is InChI=1S/C11H9ClFN3/c12-10-2-1-8(5-11(10)13)15-6-9-3-4-14-7-16-9/h1-5,7,15H,6H2. The van der Waals surface area contributed by atoms with Crippen LogP contribution in [-0.2, 0) is 6.54 Å². The molecule has 2 aromatic rings. The van der Waals surface area contributed by atoms with E-state index in [1.165, 1.54) is 18.5 Å². The van der Waals surface area contributed by atoms with Crippen LogP contribution >= 0.6 is 11.6 Å². The van der Waals surface area contributed by atoms with Crippen molar-refractivity contribution in [2.24, 2.45) is 0 Å². The van der Waals surface area contributed by atoms with Gasteiger partial charge in [-0.2, -0.15) is 0 Å². The first-order chi connectivity index (χ1) is 7.75. The van der Waals surface area contributed by atoms with Crippen LogP contribution in [0.5, 0.6) is 0 Å². The van der Waals surface area contributed by atoms with Crippen LogP contribution in [0.3, 0.4) is 0 Å². The van der Waals surface area contributed by atoms with E-state index in [-0.39, 0.29) is 5.02 Å². The maximum Gasteiger partial charge on any atom is 0.143 e. The molecule has 1 aromatic heterocycles. The molecular weight excluding hydrogens is 229 g/mol. The second kappa shape index (κ2) is 4.90. The molecule has 0 aliphatic heterocycles. The molecule has 82 valence electrons. The predicted octanol–water partition coefficient (Wildman–Crippen LogP) is 2.88. The van der Waals surface area contributed by atoms with Gasteiger partial charge in [0.15, 0.2) is 0 Å². The number of halogens is 2. The Morgan fingerprint density at radius 3 is 2.88 bits per heavy atom. The fourth-order valence-corrected chi connectivity index (χ4v) is 1.34. The molecule has 1 N–H and O–H groups in total. The second-order valence-corrected chi connectivity index (χ2v) is 3.59. The Labute approximate surface area is 97.3 Å². The van der Waals surface area contributed by atoms with Gasteiger partial charge in [-0.3, -0.25) is 0 Å². The van der Waals surface area contributed by atoms with Crippen molar-refractivity contribution in [1.29, 1.82) is 0 Å². The summed E-state index contributed by atoms with van der Waals surface area (Å²) in [5.74, 6) is -0.436. The molecule has 0 saturated carbocycles. The average Bonchev–Trinajstić information content (AvgIpc) is 2.32. The van der Waals surface area contributed by atoms with Crippen molar-refractivity contribution in [2.45, 2.75) is 6.54 Å². The van der Waals surface area contributed by atoms with Crippen LogP contribution in [0.1, 0.15) is 5.69 Å². The zero-order valence-corrected chi connectivity index (χ0v) is 9.08. The minimum absolute atomic E-state index is 0.118. The Kier molecular flexibility index (Phi) is 3.31. The summed E-state index contributed by atoms with van der Waals surface area (Å²) in [5, 5.41) is 3.16. The highest BCUT2D eigenvalue weighted by Crippen LogP contribution is 2.18. The lowest BCUT2D eigenvalue weighted by Crippen LogP contribution is -2.01. The average molecular weight is 238 g/mol. The molecular formula is C11H9ClFN3. The number of hydrogen-bond donors (Lipinski definition) is 1. The Hall–Kier alpha value is -1.68. The van der Waals surface area contributed by atoms with E-state index in [1.807, 2.05) is 0 Å². The third kappa shape index (κ3) is 2.67. The number of hydrogen-bond acceptors (Lipinski definition) is 3. The highest BCUT2D eigenvalue weighted by Gasteiger charge is 2.00. The molecule has 16 heavy (non-hydrogen) atoms. The molecule has 0 aliphatic rings. The van der Waals surface area contributed by atoms with Gasteiger partial charge in [-0.05, 0) is 24.3 Å². The van der Waals surface area contributed by atoms with Crippen molar-refractivity contribution in [3.8, 4) is 0 Å². The summed E-state index contributed by atoms with van der Waals surface area (Å²) in [4.78, 5) is 7.85. The van der Waals surface area contributed by atoms with E-state index in [9.17, 15) is 4.39 Å². The van der Waals surface area contributed by atoms with Crippen LogP contribution in [0, 0.1) is 5.82 Å². The number of aromatic nitrogens is 2. The van der Waals surface area contributed by atoms with Gasteiger partial charge in [0.25, 0.3) is 0 Å². The molecule has 0 saturated heterocycles. The Bertz CT molecular complexity index is 476. The lowest BCUT2D eigenvalue weighted by molar-refractivity contribution is 0.628. The van der Waals surface area contributed by atoms with Crippen molar-refractivity contribution >= 4 is 17.3 Å². The van der Waals surface area contributed by atoms with Crippen LogP contribution < -0.4 is 5.32 Å². The van der Waals surface area contributed by atoms with Gasteiger partial charge in [-0.25, -0.2) is 14.4 Å². The number of rotatable bonds is 3. The van der Waals surface area contributed by atoms with Crippen molar-refractivity contribution in [1.82, 2.24) is 9.97 Å². The molecule has 2 rings (SSSR count). The van der Waals surface area contributed by atoms with E-state index in [2.05, 4.69) is 15.3 Å². The Morgan fingerprint density at radius 1 is 1.31 bits per heavy atom. The summed E-state index contributed by atoms with van der Waals surface area (Å²) in [7, 11) is 0. The van der Waals surface area contributed by atoms with E-state index in [0.29, 0.717) is 12.2 Å². The van der Waals surface area contributed by atoms with Crippen LogP contribution in [0.4, 0.5) is 10.1 Å². The third-order valence-corrected chi connectivity index (χ3v) is 2.34. The normalized spacial score (nSPS) is 10.1. The summed E-state index contributed by atoms with van der Waals surface area (Å²) in [5.41, 5.74) is 1.51. The number of nitrogens with one attached hydrogen (secondary N) is 1. The molecule has 0 fully saturated rings. The fraction of sp³-hybridized carbons (Fsp3) is 0.0909. The van der Waals surface area contributed by atoms with Crippen LogP contribution in [0.2, 0.25) is 5.02 Å². The molecule has 0 unspecified atom stereocenters. The van der Waals surface area contributed by atoms with E-state index in [1.54, 1.807) is 18.3 Å². The molecule has 0 spiro atoms. The lowest BCUT2D eigenvalue weighted by Gasteiger charge is -2.05. The van der Waals surface area contributed by atoms with Crippen LogP contribution in [0.25, 0.3) is 0 Å². The zero-order chi connectivity index (χ0) is 11.4. The van der Waals surface area contributed by atoms with E-state index >= 15 is 0 Å². The molecule has 5 heteroatoms. The smallest absolute Gasteiger partial charge is 0.143 e. The lowest BCUT2D eigenvalue weighted by atomic mass is 10.3. The maximum absolute atomic E-state index is 13.1. The quantitative estimate of drug-likeness (QED) is 0.892. The van der Waals surface area contributed by atoms with Crippen molar-refractivity contribution in [3.05, 3.63) is 53.3 Å². The van der Waals surface area contributed by atoms with Gasteiger partial charge < -0.3 is 5.32 Å². The topological polar surface area (TPSA) is 37.8 Å². The largest absolute Gasteiger partial charge is 0.379 e. The first-order valence-corrected chi connectivity index (χ1v) is 5.07. The van der Waals surface area contributed by atoms with Gasteiger partial charge >= 0.3 is 0 Å². The van der Waals surface area contributed by atoms with Gasteiger partial charge in [0, 0.05) is 11.9 Å². The first kappa shape index (κ1) is 10.8. The summed E-state index contributed by atoms with van der Waals surface area (Å²) >= 11 is 5.57. The predicted molar refractivity (Wildman–Crippen MR) is 60.8 cm³/mol. The number of nitrogens with zero attached hydrogens (tertiary/aromatic N) is 2. The molecule has 0 aliphatic carbocycles. The fourth-order valence-electron chi connectivity index (χ4n) is 1.22. The van der Waals surface area contributed by atoms with Crippen molar-refractivity contribution < 1.29 is 4.39 Å². The van der Waals surface area contributed by atoms with Crippen molar-refractivity contribution in [3.63, 3.8) is 0 Å². The van der Waals surface area contributed by atoms with E-state index < -0.39 is 5.82 Å². The minimum atomic E-state index is -0.436. The molecule has 0 amide bonds. The molecule has 0 atom stereocenters. The highest BCUT2D eigenvalue weighted by atomic mass is 35.5. The molecule has 1 aromatic carbocycles.